The highest BCUT2D eigenvalue weighted by Crippen LogP contribution is 2.27. The molecule has 25 nitrogen and oxygen atoms in total. The van der Waals surface area contributed by atoms with Crippen LogP contribution in [0.25, 0.3) is 0 Å². The zero-order valence-electron chi connectivity index (χ0n) is 56.7. The summed E-state index contributed by atoms with van der Waals surface area (Å²) in [4.78, 5) is 182. The van der Waals surface area contributed by atoms with Crippen LogP contribution >= 0.6 is 0 Å². The minimum Gasteiger partial charge on any atom is -0.497 e. The van der Waals surface area contributed by atoms with Crippen molar-refractivity contribution in [3.8, 4) is 5.75 Å². The van der Waals surface area contributed by atoms with Crippen molar-refractivity contribution in [2.75, 3.05) is 55.4 Å². The quantitative estimate of drug-likeness (QED) is 0.188. The van der Waals surface area contributed by atoms with Gasteiger partial charge in [0.2, 0.25) is 65.0 Å². The number of benzene rings is 1. The molecule has 89 heavy (non-hydrogen) atoms. The molecule has 500 valence electrons. The lowest BCUT2D eigenvalue weighted by molar-refractivity contribution is -0.162. The summed E-state index contributed by atoms with van der Waals surface area (Å²) in [6.45, 7) is 24.6. The van der Waals surface area contributed by atoms with E-state index in [-0.39, 0.29) is 19.4 Å². The van der Waals surface area contributed by atoms with Gasteiger partial charge < -0.3 is 65.5 Å². The molecule has 0 saturated carbocycles. The van der Waals surface area contributed by atoms with E-state index in [0.717, 1.165) is 14.7 Å². The van der Waals surface area contributed by atoms with Crippen molar-refractivity contribution < 1.29 is 67.0 Å². The number of amides is 11. The largest absolute Gasteiger partial charge is 0.497 e. The molecule has 0 aromatic heterocycles. The monoisotopic (exact) mass is 1250 g/mol. The number of fused-ring (bicyclic) bond motifs is 1. The van der Waals surface area contributed by atoms with Gasteiger partial charge in [0.15, 0.2) is 0 Å². The summed E-state index contributed by atoms with van der Waals surface area (Å²) in [5.41, 5.74) is -0.413. The molecule has 0 radical (unpaired) electrons. The van der Waals surface area contributed by atoms with E-state index in [1.165, 1.54) is 70.9 Å². The minimum absolute atomic E-state index is 0.0767. The van der Waals surface area contributed by atoms with E-state index in [1.807, 2.05) is 13.8 Å². The smallest absolute Gasteiger partial charge is 0.308 e. The first-order chi connectivity index (χ1) is 41.4. The Bertz CT molecular complexity index is 2680. The van der Waals surface area contributed by atoms with Crippen molar-refractivity contribution >= 4 is 70.9 Å². The van der Waals surface area contributed by atoms with Gasteiger partial charge in [0.1, 0.15) is 71.8 Å². The summed E-state index contributed by atoms with van der Waals surface area (Å²) >= 11 is 0. The number of carbonyl (C=O) groups excluding carboxylic acids is 12. The summed E-state index contributed by atoms with van der Waals surface area (Å²) < 4.78 is 11.0. The molecule has 0 aliphatic carbocycles. The Morgan fingerprint density at radius 1 is 0.562 bits per heavy atom. The lowest BCUT2D eigenvalue weighted by atomic mass is 9.92. The zero-order valence-corrected chi connectivity index (χ0v) is 56.7. The van der Waals surface area contributed by atoms with Gasteiger partial charge in [0.25, 0.3) is 0 Å². The maximum atomic E-state index is 15.3. The van der Waals surface area contributed by atoms with E-state index in [4.69, 9.17) is 9.47 Å². The number of rotatable bonds is 12. The van der Waals surface area contributed by atoms with Crippen molar-refractivity contribution in [2.24, 2.45) is 29.6 Å². The third-order valence-electron chi connectivity index (χ3n) is 17.1. The van der Waals surface area contributed by atoms with Crippen LogP contribution in [0.2, 0.25) is 0 Å². The highest BCUT2D eigenvalue weighted by molar-refractivity contribution is 6.00. The highest BCUT2D eigenvalue weighted by Gasteiger charge is 2.46. The van der Waals surface area contributed by atoms with Gasteiger partial charge in [-0.2, -0.15) is 0 Å². The second kappa shape index (κ2) is 33.5. The van der Waals surface area contributed by atoms with Gasteiger partial charge in [-0.25, -0.2) is 0 Å². The molecule has 2 aliphatic heterocycles. The molecular weight excluding hydrogens is 1150 g/mol. The maximum Gasteiger partial charge on any atom is 0.308 e. The Morgan fingerprint density at radius 3 is 1.61 bits per heavy atom. The summed E-state index contributed by atoms with van der Waals surface area (Å²) in [5.74, 6) is -11.0. The molecule has 2 heterocycles. The summed E-state index contributed by atoms with van der Waals surface area (Å²) in [6.07, 6.45) is 1.31. The van der Waals surface area contributed by atoms with E-state index < -0.39 is 180 Å². The lowest BCUT2D eigenvalue weighted by Crippen LogP contribution is -2.63. The van der Waals surface area contributed by atoms with Gasteiger partial charge in [-0.3, -0.25) is 57.5 Å². The van der Waals surface area contributed by atoms with Gasteiger partial charge in [0.05, 0.1) is 20.1 Å². The van der Waals surface area contributed by atoms with Crippen molar-refractivity contribution in [1.82, 2.24) is 56.0 Å². The summed E-state index contributed by atoms with van der Waals surface area (Å²) in [6, 6.07) is -5.99. The first kappa shape index (κ1) is 75.9. The van der Waals surface area contributed by atoms with Gasteiger partial charge in [-0.1, -0.05) is 94.2 Å². The minimum atomic E-state index is -1.61. The number of esters is 1. The second-order valence-corrected chi connectivity index (χ2v) is 26.2. The Kier molecular flexibility index (Phi) is 28.5. The molecule has 2 saturated heterocycles. The molecule has 1 aromatic carbocycles. The van der Waals surface area contributed by atoms with Crippen LogP contribution in [0, 0.1) is 29.6 Å². The van der Waals surface area contributed by atoms with Gasteiger partial charge in [0, 0.05) is 48.2 Å². The Hall–Kier alpha value is -7.34. The van der Waals surface area contributed by atoms with E-state index >= 15 is 14.4 Å². The van der Waals surface area contributed by atoms with E-state index in [0.29, 0.717) is 37.0 Å². The standard InChI is InChI=1S/C64H105N11O14/c1-22-38(9)52-56(80)65-34-47(76)71(17)50(36(5)6)57(81)68-44(32-42-27-29-43(88-21)30-28-42)55(79)66-40(11)54(78)67-41(12)59(83)75-31-25-24-26-45(75)60(84)72(18)51(37(7)8)58(82)69-49(35(3)4)62(86)70(16)46(33-48(77)89-64(13,14)15)61(85)74(20)53(39(10)23-2)63(87)73(52)19/h27-30,35-41,44-46,49-53H,22-26,31-34H2,1-21H3,(H,65,80)(H,66,79)(H,67,78)(H,68,81)(H,69,82)/t38-,39+,40-,41-,44+,45+,46-,49+,50+,51+,52+,53+/m1/s1. The van der Waals surface area contributed by atoms with Crippen LogP contribution in [0.15, 0.2) is 24.3 Å². The van der Waals surface area contributed by atoms with Crippen molar-refractivity contribution in [3.05, 3.63) is 29.8 Å². The van der Waals surface area contributed by atoms with E-state index in [9.17, 15) is 43.2 Å². The number of hydrogen-bond donors (Lipinski definition) is 5. The van der Waals surface area contributed by atoms with Gasteiger partial charge in [-0.05, 0) is 101 Å². The van der Waals surface area contributed by atoms with Crippen LogP contribution in [-0.4, -0.2) is 222 Å². The number of piperidine rings is 1. The Morgan fingerprint density at radius 2 is 1.08 bits per heavy atom. The molecule has 2 aliphatic rings. The topological polar surface area (TPSA) is 303 Å². The Balaban J connectivity index is 2.29. The van der Waals surface area contributed by atoms with Crippen molar-refractivity contribution in [2.45, 2.75) is 215 Å². The van der Waals surface area contributed by atoms with Crippen molar-refractivity contribution in [1.29, 1.82) is 0 Å². The maximum absolute atomic E-state index is 15.3. The molecule has 0 unspecified atom stereocenters. The van der Waals surface area contributed by atoms with Crippen molar-refractivity contribution in [3.63, 3.8) is 0 Å². The number of nitrogens with zero attached hydrogens (tertiary/aromatic N) is 6. The van der Waals surface area contributed by atoms with Crippen LogP contribution in [0.5, 0.6) is 5.75 Å². The number of hydrogen-bond acceptors (Lipinski definition) is 14. The third kappa shape index (κ3) is 20.1. The SMILES string of the molecule is CC[C@@H](C)[C@H]1C(=O)NCC(=O)N(C)[C@@H](C(C)C)C(=O)N[C@@H](Cc2ccc(OC)cc2)C(=O)N[C@H](C)C(=O)N[C@H](C)C(=O)N2CCCC[C@H]2C(=O)N(C)[C@@H](C(C)C)C(=O)N[C@@H](C(C)C)C(=O)N(C)[C@H](CC(=O)OC(C)(C)C)C(=O)N(C)[C@@H]([C@@H](C)CC)C(=O)N1C. The van der Waals surface area contributed by atoms with Crippen LogP contribution < -0.4 is 31.3 Å². The van der Waals surface area contributed by atoms with Crippen LogP contribution in [0.1, 0.15) is 148 Å². The molecular formula is C64H105N11O14. The van der Waals surface area contributed by atoms with Crippen LogP contribution in [0.4, 0.5) is 0 Å². The molecule has 11 amide bonds. The predicted octanol–water partition coefficient (Wildman–Crippen LogP) is 2.65. The fraction of sp³-hybridized carbons (Fsp3) is 0.719. The predicted molar refractivity (Wildman–Crippen MR) is 335 cm³/mol. The second-order valence-electron chi connectivity index (χ2n) is 26.2. The molecule has 12 atom stereocenters. The third-order valence-corrected chi connectivity index (χ3v) is 17.1. The first-order valence-electron chi connectivity index (χ1n) is 31.3. The summed E-state index contributed by atoms with van der Waals surface area (Å²) in [5, 5.41) is 13.7. The Labute approximate surface area is 527 Å². The summed E-state index contributed by atoms with van der Waals surface area (Å²) in [7, 11) is 8.42. The fourth-order valence-corrected chi connectivity index (χ4v) is 11.5. The first-order valence-corrected chi connectivity index (χ1v) is 31.3. The molecule has 1 aromatic rings. The van der Waals surface area contributed by atoms with Crippen LogP contribution in [0.3, 0.4) is 0 Å². The highest BCUT2D eigenvalue weighted by atomic mass is 16.6. The zero-order chi connectivity index (χ0) is 67.8. The molecule has 5 N–H and O–H groups in total. The molecule has 3 rings (SSSR count). The molecule has 2 fully saturated rings. The number of carbonyl (C=O) groups is 12. The average molecular weight is 1250 g/mol. The number of nitrogens with one attached hydrogen (secondary N) is 5. The molecule has 0 spiro atoms. The van der Waals surface area contributed by atoms with E-state index in [2.05, 4.69) is 26.6 Å². The number of likely N-dealkylation sites (N-methyl/N-ethyl adjacent to an activating group) is 5. The van der Waals surface area contributed by atoms with Gasteiger partial charge >= 0.3 is 5.97 Å². The van der Waals surface area contributed by atoms with Crippen LogP contribution in [-0.2, 0) is 68.7 Å². The lowest BCUT2D eigenvalue weighted by Gasteiger charge is -2.41. The number of methoxy groups -OCH3 is 1. The normalized spacial score (nSPS) is 26.6. The van der Waals surface area contributed by atoms with E-state index in [1.54, 1.807) is 100 Å². The number of ether oxygens (including phenoxy) is 2. The molecule has 0 bridgehead atoms. The fourth-order valence-electron chi connectivity index (χ4n) is 11.5. The average Bonchev–Trinajstić information content (AvgIpc) is 1.37. The molecule has 25 heteroatoms. The van der Waals surface area contributed by atoms with Gasteiger partial charge in [-0.15, -0.1) is 0 Å².